The van der Waals surface area contributed by atoms with Crippen molar-refractivity contribution in [1.29, 1.82) is 0 Å². The Morgan fingerprint density at radius 3 is 3.05 bits per heavy atom. The molecule has 116 valence electrons. The van der Waals surface area contributed by atoms with Gasteiger partial charge in [-0.05, 0) is 30.7 Å². The third-order valence-corrected chi connectivity index (χ3v) is 4.66. The predicted octanol–water partition coefficient (Wildman–Crippen LogP) is 2.51. The van der Waals surface area contributed by atoms with E-state index in [0.717, 1.165) is 47.8 Å². The molecule has 1 aliphatic rings. The van der Waals surface area contributed by atoms with Gasteiger partial charge in [0, 0.05) is 30.8 Å². The lowest BCUT2D eigenvalue weighted by Gasteiger charge is -2.35. The van der Waals surface area contributed by atoms with Crippen LogP contribution in [0.3, 0.4) is 0 Å². The van der Waals surface area contributed by atoms with Gasteiger partial charge in [-0.25, -0.2) is 0 Å². The normalized spacial score (nSPS) is 19.8. The van der Waals surface area contributed by atoms with Gasteiger partial charge in [0.2, 0.25) is 0 Å². The van der Waals surface area contributed by atoms with Crippen LogP contribution in [-0.4, -0.2) is 43.1 Å². The van der Waals surface area contributed by atoms with Crippen molar-refractivity contribution in [2.75, 3.05) is 30.9 Å². The molecule has 1 saturated heterocycles. The van der Waals surface area contributed by atoms with Crippen LogP contribution in [0.2, 0.25) is 0 Å². The van der Waals surface area contributed by atoms with Gasteiger partial charge in [0.15, 0.2) is 5.84 Å². The van der Waals surface area contributed by atoms with Gasteiger partial charge in [0.25, 0.3) is 0 Å². The van der Waals surface area contributed by atoms with Crippen LogP contribution < -0.4 is 10.6 Å². The molecule has 0 aliphatic carbocycles. The molecule has 1 fully saturated rings. The van der Waals surface area contributed by atoms with Gasteiger partial charge in [0.05, 0.1) is 11.7 Å². The number of thioether (sulfide) groups is 1. The van der Waals surface area contributed by atoms with E-state index < -0.39 is 0 Å². The Morgan fingerprint density at radius 2 is 2.38 bits per heavy atom. The van der Waals surface area contributed by atoms with Crippen LogP contribution in [0.4, 0.5) is 5.69 Å². The van der Waals surface area contributed by atoms with Crippen molar-refractivity contribution in [2.45, 2.75) is 30.8 Å². The van der Waals surface area contributed by atoms with Crippen LogP contribution in [0.15, 0.2) is 28.3 Å². The number of piperidine rings is 1. The second-order valence-corrected chi connectivity index (χ2v) is 6.32. The highest BCUT2D eigenvalue weighted by Crippen LogP contribution is 2.32. The first-order valence-electron chi connectivity index (χ1n) is 7.22. The summed E-state index contributed by atoms with van der Waals surface area (Å²) in [5.41, 5.74) is 7.77. The maximum atomic E-state index is 9.11. The number of oxime groups is 1. The minimum absolute atomic E-state index is 0.168. The van der Waals surface area contributed by atoms with Crippen LogP contribution >= 0.6 is 11.8 Å². The van der Waals surface area contributed by atoms with Crippen molar-refractivity contribution in [3.05, 3.63) is 23.8 Å². The zero-order valence-electron chi connectivity index (χ0n) is 12.6. The Balaban J connectivity index is 2.40. The fraction of sp³-hybridized carbons (Fsp3) is 0.533. The number of anilines is 1. The van der Waals surface area contributed by atoms with Gasteiger partial charge in [-0.3, -0.25) is 0 Å². The lowest BCUT2D eigenvalue weighted by atomic mass is 10.0. The SMILES string of the molecule is CCSc1cccc(N2CCCC(OC)C2)c1/C(N)=N/O. The highest BCUT2D eigenvalue weighted by molar-refractivity contribution is 7.99. The average molecular weight is 309 g/mol. The number of ether oxygens (including phenoxy) is 1. The average Bonchev–Trinajstić information content (AvgIpc) is 2.54. The van der Waals surface area contributed by atoms with Crippen LogP contribution in [0.5, 0.6) is 0 Å². The van der Waals surface area contributed by atoms with E-state index in [4.69, 9.17) is 15.7 Å². The van der Waals surface area contributed by atoms with Crippen molar-refractivity contribution < 1.29 is 9.94 Å². The number of nitrogens with two attached hydrogens (primary N) is 1. The summed E-state index contributed by atoms with van der Waals surface area (Å²) in [5, 5.41) is 12.3. The lowest BCUT2D eigenvalue weighted by Crippen LogP contribution is -2.40. The molecule has 0 radical (unpaired) electrons. The molecule has 0 bridgehead atoms. The molecular weight excluding hydrogens is 286 g/mol. The summed E-state index contributed by atoms with van der Waals surface area (Å²) in [6, 6.07) is 6.08. The number of hydrogen-bond acceptors (Lipinski definition) is 5. The Kier molecular flexibility index (Phi) is 5.76. The molecule has 1 heterocycles. The van der Waals surface area contributed by atoms with Gasteiger partial charge in [-0.15, -0.1) is 11.8 Å². The van der Waals surface area contributed by atoms with E-state index in [-0.39, 0.29) is 11.9 Å². The third-order valence-electron chi connectivity index (χ3n) is 3.72. The molecule has 21 heavy (non-hydrogen) atoms. The first-order chi connectivity index (χ1) is 10.2. The van der Waals surface area contributed by atoms with Crippen LogP contribution in [0.1, 0.15) is 25.3 Å². The predicted molar refractivity (Wildman–Crippen MR) is 87.6 cm³/mol. The summed E-state index contributed by atoms with van der Waals surface area (Å²) in [4.78, 5) is 3.31. The molecular formula is C15H23N3O2S. The molecule has 5 nitrogen and oxygen atoms in total. The van der Waals surface area contributed by atoms with Gasteiger partial charge < -0.3 is 20.6 Å². The molecule has 1 unspecified atom stereocenters. The standard InChI is InChI=1S/C15H23N3O2S/c1-3-21-13-8-4-7-12(14(13)15(16)17-19)18-9-5-6-11(10-18)20-2/h4,7-8,11,19H,3,5-6,9-10H2,1-2H3,(H2,16,17). The van der Waals surface area contributed by atoms with Crippen molar-refractivity contribution in [3.8, 4) is 0 Å². The van der Waals surface area contributed by atoms with Crippen LogP contribution in [-0.2, 0) is 4.74 Å². The minimum Gasteiger partial charge on any atom is -0.409 e. The smallest absolute Gasteiger partial charge is 0.173 e. The van der Waals surface area contributed by atoms with Gasteiger partial charge in [0.1, 0.15) is 0 Å². The Morgan fingerprint density at radius 1 is 1.57 bits per heavy atom. The Labute approximate surface area is 130 Å². The fourth-order valence-corrected chi connectivity index (χ4v) is 3.55. The van der Waals surface area contributed by atoms with Gasteiger partial charge >= 0.3 is 0 Å². The molecule has 1 aromatic carbocycles. The van der Waals surface area contributed by atoms with Crippen LogP contribution in [0, 0.1) is 0 Å². The van der Waals surface area contributed by atoms with E-state index in [9.17, 15) is 0 Å². The second-order valence-electron chi connectivity index (χ2n) is 5.01. The zero-order valence-corrected chi connectivity index (χ0v) is 13.4. The Bertz CT molecular complexity index is 508. The quantitative estimate of drug-likeness (QED) is 0.287. The van der Waals surface area contributed by atoms with Crippen LogP contribution in [0.25, 0.3) is 0 Å². The summed E-state index contributed by atoms with van der Waals surface area (Å²) < 4.78 is 5.49. The van der Waals surface area contributed by atoms with E-state index in [1.165, 1.54) is 0 Å². The summed E-state index contributed by atoms with van der Waals surface area (Å²) in [7, 11) is 1.75. The summed E-state index contributed by atoms with van der Waals surface area (Å²) in [6.45, 7) is 3.89. The van der Waals surface area contributed by atoms with Crippen molar-refractivity contribution >= 4 is 23.3 Å². The fourth-order valence-electron chi connectivity index (χ4n) is 2.72. The first kappa shape index (κ1) is 16.0. The number of methoxy groups -OCH3 is 1. The van der Waals surface area contributed by atoms with E-state index in [1.54, 1.807) is 18.9 Å². The van der Waals surface area contributed by atoms with E-state index >= 15 is 0 Å². The number of rotatable bonds is 5. The lowest BCUT2D eigenvalue weighted by molar-refractivity contribution is 0.0893. The molecule has 0 amide bonds. The van der Waals surface area contributed by atoms with E-state index in [2.05, 4.69) is 17.0 Å². The monoisotopic (exact) mass is 309 g/mol. The molecule has 6 heteroatoms. The van der Waals surface area contributed by atoms with E-state index in [1.807, 2.05) is 18.2 Å². The summed E-state index contributed by atoms with van der Waals surface area (Å²) >= 11 is 1.70. The number of hydrogen-bond donors (Lipinski definition) is 2. The van der Waals surface area contributed by atoms with Crippen molar-refractivity contribution in [2.24, 2.45) is 10.9 Å². The first-order valence-corrected chi connectivity index (χ1v) is 8.21. The summed E-state index contributed by atoms with van der Waals surface area (Å²) in [5.74, 6) is 1.11. The molecule has 0 spiro atoms. The highest BCUT2D eigenvalue weighted by atomic mass is 32.2. The maximum Gasteiger partial charge on any atom is 0.173 e. The molecule has 2 rings (SSSR count). The molecule has 1 aliphatic heterocycles. The molecule has 1 aromatic rings. The highest BCUT2D eigenvalue weighted by Gasteiger charge is 2.24. The zero-order chi connectivity index (χ0) is 15.2. The molecule has 0 saturated carbocycles. The van der Waals surface area contributed by atoms with Crippen molar-refractivity contribution in [3.63, 3.8) is 0 Å². The largest absolute Gasteiger partial charge is 0.409 e. The topological polar surface area (TPSA) is 71.1 Å². The summed E-state index contributed by atoms with van der Waals surface area (Å²) in [6.07, 6.45) is 2.40. The second kappa shape index (κ2) is 7.56. The molecule has 3 N–H and O–H groups in total. The molecule has 1 atom stereocenters. The molecule has 0 aromatic heterocycles. The number of amidine groups is 1. The maximum absolute atomic E-state index is 9.11. The van der Waals surface area contributed by atoms with E-state index in [0.29, 0.717) is 0 Å². The van der Waals surface area contributed by atoms with Gasteiger partial charge in [-0.2, -0.15) is 0 Å². The number of nitrogens with zero attached hydrogens (tertiary/aromatic N) is 2. The Hall–Kier alpha value is -1.40. The van der Waals surface area contributed by atoms with Gasteiger partial charge in [-0.1, -0.05) is 18.1 Å². The third kappa shape index (κ3) is 3.63. The van der Waals surface area contributed by atoms with Crippen molar-refractivity contribution in [1.82, 2.24) is 0 Å². The minimum atomic E-state index is 0.168. The number of benzene rings is 1.